The van der Waals surface area contributed by atoms with E-state index in [9.17, 15) is 22.8 Å². The van der Waals surface area contributed by atoms with Crippen molar-refractivity contribution in [3.63, 3.8) is 0 Å². The summed E-state index contributed by atoms with van der Waals surface area (Å²) in [5.41, 5.74) is -0.229. The van der Waals surface area contributed by atoms with Crippen molar-refractivity contribution in [1.29, 1.82) is 0 Å². The molecule has 0 aliphatic rings. The van der Waals surface area contributed by atoms with Gasteiger partial charge in [0.2, 0.25) is 5.91 Å². The van der Waals surface area contributed by atoms with Crippen LogP contribution in [-0.2, 0) is 15.8 Å². The molecule has 1 heterocycles. The number of carboxylic acid groups (broad SMARTS) is 1. The number of alkyl halides is 3. The van der Waals surface area contributed by atoms with Gasteiger partial charge in [0.25, 0.3) is 0 Å². The van der Waals surface area contributed by atoms with Crippen molar-refractivity contribution in [3.8, 4) is 5.69 Å². The number of nitrogens with one attached hydrogen (secondary N) is 1. The van der Waals surface area contributed by atoms with Gasteiger partial charge in [-0.1, -0.05) is 0 Å². The fourth-order valence-corrected chi connectivity index (χ4v) is 2.19. The number of aromatic nitrogens is 2. The molecule has 0 fully saturated rings. The SMILES string of the molecule is O=C(O)CCCCC(=O)Nc1ccc(-n2nccc2C(F)(F)F)cc1. The average Bonchev–Trinajstić information content (AvgIpc) is 3.02. The van der Waals surface area contributed by atoms with E-state index in [1.165, 1.54) is 24.3 Å². The quantitative estimate of drug-likeness (QED) is 0.745. The Morgan fingerprint density at radius 1 is 1.08 bits per heavy atom. The van der Waals surface area contributed by atoms with Crippen molar-refractivity contribution in [2.75, 3.05) is 5.32 Å². The molecule has 0 aliphatic carbocycles. The van der Waals surface area contributed by atoms with Crippen LogP contribution in [-0.4, -0.2) is 26.8 Å². The van der Waals surface area contributed by atoms with Crippen molar-refractivity contribution in [3.05, 3.63) is 42.2 Å². The lowest BCUT2D eigenvalue weighted by atomic mass is 10.2. The Hall–Kier alpha value is -2.84. The highest BCUT2D eigenvalue weighted by Gasteiger charge is 2.35. The van der Waals surface area contributed by atoms with Crippen LogP contribution in [0.1, 0.15) is 31.4 Å². The minimum atomic E-state index is -4.51. The van der Waals surface area contributed by atoms with Crippen molar-refractivity contribution >= 4 is 17.6 Å². The number of unbranched alkanes of at least 4 members (excludes halogenated alkanes) is 1. The molecule has 1 amide bonds. The summed E-state index contributed by atoms with van der Waals surface area (Å²) in [4.78, 5) is 22.1. The first-order valence-electron chi connectivity index (χ1n) is 7.50. The third kappa shape index (κ3) is 5.33. The number of hydrogen-bond acceptors (Lipinski definition) is 3. The summed E-state index contributed by atoms with van der Waals surface area (Å²) in [6, 6.07) is 6.68. The third-order valence-electron chi connectivity index (χ3n) is 3.37. The summed E-state index contributed by atoms with van der Waals surface area (Å²) in [6.45, 7) is 0. The highest BCUT2D eigenvalue weighted by molar-refractivity contribution is 5.90. The van der Waals surface area contributed by atoms with Crippen molar-refractivity contribution in [2.24, 2.45) is 0 Å². The van der Waals surface area contributed by atoms with Crippen LogP contribution in [0, 0.1) is 0 Å². The maximum Gasteiger partial charge on any atom is 0.433 e. The molecule has 9 heteroatoms. The predicted molar refractivity (Wildman–Crippen MR) is 83.3 cm³/mol. The first-order chi connectivity index (χ1) is 11.8. The number of carbonyl (C=O) groups is 2. The standard InChI is InChI=1S/C16H16F3N3O3/c17-16(18,19)13-9-10-20-22(13)12-7-5-11(6-8-12)21-14(23)3-1-2-4-15(24)25/h5-10H,1-4H2,(H,21,23)(H,24,25). The van der Waals surface area contributed by atoms with Gasteiger partial charge in [0, 0.05) is 18.5 Å². The first kappa shape index (κ1) is 18.5. The molecule has 134 valence electrons. The van der Waals surface area contributed by atoms with E-state index in [1.54, 1.807) is 0 Å². The number of benzene rings is 1. The minimum absolute atomic E-state index is 0.00733. The summed E-state index contributed by atoms with van der Waals surface area (Å²) < 4.78 is 39.4. The maximum atomic E-state index is 12.9. The molecule has 1 aromatic carbocycles. The van der Waals surface area contributed by atoms with Crippen molar-refractivity contribution in [1.82, 2.24) is 9.78 Å². The highest BCUT2D eigenvalue weighted by atomic mass is 19.4. The van der Waals surface area contributed by atoms with E-state index in [0.717, 1.165) is 16.9 Å². The topological polar surface area (TPSA) is 84.2 Å². The summed E-state index contributed by atoms with van der Waals surface area (Å²) in [7, 11) is 0. The Kier molecular flexibility index (Phi) is 5.79. The van der Waals surface area contributed by atoms with Crippen LogP contribution >= 0.6 is 0 Å². The number of amides is 1. The van der Waals surface area contributed by atoms with E-state index in [2.05, 4.69) is 10.4 Å². The summed E-state index contributed by atoms with van der Waals surface area (Å²) in [5, 5.41) is 14.8. The molecule has 2 N–H and O–H groups in total. The van der Waals surface area contributed by atoms with Gasteiger partial charge >= 0.3 is 12.1 Å². The molecule has 0 atom stereocenters. The minimum Gasteiger partial charge on any atom is -0.481 e. The fraction of sp³-hybridized carbons (Fsp3) is 0.312. The molecule has 2 rings (SSSR count). The Morgan fingerprint density at radius 3 is 2.32 bits per heavy atom. The number of rotatable bonds is 7. The van der Waals surface area contributed by atoms with Crippen molar-refractivity contribution < 1.29 is 27.9 Å². The first-order valence-corrected chi connectivity index (χ1v) is 7.50. The molecule has 2 aromatic rings. The van der Waals surface area contributed by atoms with Gasteiger partial charge in [0.15, 0.2) is 0 Å². The van der Waals surface area contributed by atoms with Crippen LogP contribution in [0.3, 0.4) is 0 Å². The number of anilines is 1. The van der Waals surface area contributed by atoms with Crippen molar-refractivity contribution in [2.45, 2.75) is 31.9 Å². The molecule has 0 aliphatic heterocycles. The molecule has 1 aromatic heterocycles. The zero-order chi connectivity index (χ0) is 18.4. The van der Waals surface area contributed by atoms with Gasteiger partial charge in [-0.15, -0.1) is 0 Å². The number of nitrogens with zero attached hydrogens (tertiary/aromatic N) is 2. The monoisotopic (exact) mass is 355 g/mol. The fourth-order valence-electron chi connectivity index (χ4n) is 2.19. The molecular formula is C16H16F3N3O3. The van der Waals surface area contributed by atoms with Gasteiger partial charge in [0.1, 0.15) is 5.69 Å². The van der Waals surface area contributed by atoms with E-state index in [1.807, 2.05) is 0 Å². The molecule has 0 saturated heterocycles. The van der Waals surface area contributed by atoms with Crippen LogP contribution in [0.4, 0.5) is 18.9 Å². The zero-order valence-electron chi connectivity index (χ0n) is 13.1. The summed E-state index contributed by atoms with van der Waals surface area (Å²) in [5.74, 6) is -1.19. The van der Waals surface area contributed by atoms with Crippen LogP contribution in [0.5, 0.6) is 0 Å². The van der Waals surface area contributed by atoms with E-state index < -0.39 is 17.8 Å². The van der Waals surface area contributed by atoms with Crippen LogP contribution in [0.15, 0.2) is 36.5 Å². The second kappa shape index (κ2) is 7.82. The Labute approximate surface area is 141 Å². The summed E-state index contributed by atoms with van der Waals surface area (Å²) in [6.07, 6.45) is -2.42. The van der Waals surface area contributed by atoms with Gasteiger partial charge in [-0.05, 0) is 43.2 Å². The maximum absolute atomic E-state index is 12.9. The Balaban J connectivity index is 1.95. The molecule has 0 saturated carbocycles. The van der Waals surface area contributed by atoms with Gasteiger partial charge in [-0.25, -0.2) is 4.68 Å². The Bertz CT molecular complexity index is 739. The zero-order valence-corrected chi connectivity index (χ0v) is 13.1. The average molecular weight is 355 g/mol. The van der Waals surface area contributed by atoms with Gasteiger partial charge in [-0.2, -0.15) is 18.3 Å². The van der Waals surface area contributed by atoms with Gasteiger partial charge in [0.05, 0.1) is 11.9 Å². The van der Waals surface area contributed by atoms with Crippen LogP contribution in [0.25, 0.3) is 5.69 Å². The lowest BCUT2D eigenvalue weighted by molar-refractivity contribution is -0.143. The third-order valence-corrected chi connectivity index (χ3v) is 3.37. The van der Waals surface area contributed by atoms with Gasteiger partial charge < -0.3 is 10.4 Å². The van der Waals surface area contributed by atoms with E-state index in [0.29, 0.717) is 18.5 Å². The molecule has 6 nitrogen and oxygen atoms in total. The summed E-state index contributed by atoms with van der Waals surface area (Å²) >= 11 is 0. The molecular weight excluding hydrogens is 339 g/mol. The Morgan fingerprint density at radius 2 is 1.72 bits per heavy atom. The lowest BCUT2D eigenvalue weighted by Crippen LogP contribution is -2.14. The highest BCUT2D eigenvalue weighted by Crippen LogP contribution is 2.30. The molecule has 25 heavy (non-hydrogen) atoms. The predicted octanol–water partition coefficient (Wildman–Crippen LogP) is 3.47. The van der Waals surface area contributed by atoms with Crippen LogP contribution in [0.2, 0.25) is 0 Å². The number of halogens is 3. The number of carbonyl (C=O) groups excluding carboxylic acids is 1. The normalized spacial score (nSPS) is 11.3. The van der Waals surface area contributed by atoms with Gasteiger partial charge in [-0.3, -0.25) is 9.59 Å². The van der Waals surface area contributed by atoms with E-state index in [-0.39, 0.29) is 24.4 Å². The number of carboxylic acids is 1. The molecule has 0 unspecified atom stereocenters. The van der Waals surface area contributed by atoms with E-state index >= 15 is 0 Å². The molecule has 0 spiro atoms. The van der Waals surface area contributed by atoms with E-state index in [4.69, 9.17) is 5.11 Å². The smallest absolute Gasteiger partial charge is 0.433 e. The number of hydrogen-bond donors (Lipinski definition) is 2. The number of aliphatic carboxylic acids is 1. The second-order valence-electron chi connectivity index (χ2n) is 5.32. The molecule has 0 bridgehead atoms. The lowest BCUT2D eigenvalue weighted by Gasteiger charge is -2.11. The second-order valence-corrected chi connectivity index (χ2v) is 5.32. The van der Waals surface area contributed by atoms with Crippen LogP contribution < -0.4 is 5.32 Å². The largest absolute Gasteiger partial charge is 0.481 e. The molecule has 0 radical (unpaired) electrons.